The molecule has 15 heavy (non-hydrogen) atoms. The second-order valence-electron chi connectivity index (χ2n) is 3.09. The standard InChI is InChI=1S/C10H10O4.Na/c1-5-3-6(2)8(10(13)14)4-7(5)9(11)12;/h3-4H,1-2H3,(H,11,12)(H,13,14);. The molecular weight excluding hydrogens is 207 g/mol. The van der Waals surface area contributed by atoms with Crippen LogP contribution in [0.25, 0.3) is 0 Å². The summed E-state index contributed by atoms with van der Waals surface area (Å²) in [5.41, 5.74) is 1.21. The minimum atomic E-state index is -1.11. The molecule has 1 aromatic rings. The van der Waals surface area contributed by atoms with E-state index in [4.69, 9.17) is 10.2 Å². The number of aryl methyl sites for hydroxylation is 2. The predicted octanol–water partition coefficient (Wildman–Crippen LogP) is 1.32. The van der Waals surface area contributed by atoms with Gasteiger partial charge in [-0.05, 0) is 31.0 Å². The smallest absolute Gasteiger partial charge is 0.335 e. The van der Waals surface area contributed by atoms with Gasteiger partial charge in [-0.25, -0.2) is 9.59 Å². The van der Waals surface area contributed by atoms with E-state index in [9.17, 15) is 9.59 Å². The van der Waals surface area contributed by atoms with Gasteiger partial charge in [-0.15, -0.1) is 0 Å². The number of carboxylic acids is 2. The van der Waals surface area contributed by atoms with Crippen LogP contribution in [0.3, 0.4) is 0 Å². The van der Waals surface area contributed by atoms with Gasteiger partial charge >= 0.3 is 11.9 Å². The zero-order valence-electron chi connectivity index (χ0n) is 8.87. The van der Waals surface area contributed by atoms with E-state index >= 15 is 0 Å². The molecule has 0 unspecified atom stereocenters. The van der Waals surface area contributed by atoms with Gasteiger partial charge in [0.2, 0.25) is 0 Å². The maximum atomic E-state index is 10.7. The van der Waals surface area contributed by atoms with Crippen molar-refractivity contribution in [3.8, 4) is 0 Å². The van der Waals surface area contributed by atoms with Gasteiger partial charge in [0, 0.05) is 29.6 Å². The van der Waals surface area contributed by atoms with Gasteiger partial charge in [-0.3, -0.25) is 0 Å². The summed E-state index contributed by atoms with van der Waals surface area (Å²) >= 11 is 0. The Bertz CT molecular complexity index is 377. The van der Waals surface area contributed by atoms with Crippen LogP contribution >= 0.6 is 0 Å². The van der Waals surface area contributed by atoms with Crippen LogP contribution in [-0.4, -0.2) is 51.7 Å². The minimum Gasteiger partial charge on any atom is -0.478 e. The van der Waals surface area contributed by atoms with E-state index in [1.54, 1.807) is 19.9 Å². The normalized spacial score (nSPS) is 9.20. The van der Waals surface area contributed by atoms with E-state index in [1.807, 2.05) is 0 Å². The van der Waals surface area contributed by atoms with Crippen molar-refractivity contribution in [2.45, 2.75) is 13.8 Å². The first-order valence-electron chi connectivity index (χ1n) is 4.01. The molecule has 0 aliphatic rings. The van der Waals surface area contributed by atoms with Gasteiger partial charge in [0.15, 0.2) is 0 Å². The second kappa shape index (κ2) is 5.30. The van der Waals surface area contributed by atoms with Gasteiger partial charge in [0.05, 0.1) is 11.1 Å². The SMILES string of the molecule is Cc1cc(C)c(C(=O)O)cc1C(=O)O.[Na]. The Morgan fingerprint density at radius 2 is 1.27 bits per heavy atom. The molecule has 75 valence electrons. The average molecular weight is 217 g/mol. The Balaban J connectivity index is 0.00000196. The van der Waals surface area contributed by atoms with Crippen molar-refractivity contribution >= 4 is 41.5 Å². The van der Waals surface area contributed by atoms with Gasteiger partial charge in [0.25, 0.3) is 0 Å². The summed E-state index contributed by atoms with van der Waals surface area (Å²) in [6.45, 7) is 3.28. The summed E-state index contributed by atoms with van der Waals surface area (Å²) in [5, 5.41) is 17.5. The van der Waals surface area contributed by atoms with Crippen molar-refractivity contribution < 1.29 is 19.8 Å². The fourth-order valence-corrected chi connectivity index (χ4v) is 1.31. The minimum absolute atomic E-state index is 0. The zero-order chi connectivity index (χ0) is 10.9. The maximum absolute atomic E-state index is 10.7. The number of benzene rings is 1. The van der Waals surface area contributed by atoms with Crippen molar-refractivity contribution in [1.29, 1.82) is 0 Å². The van der Waals surface area contributed by atoms with Crippen molar-refractivity contribution in [1.82, 2.24) is 0 Å². The number of aromatic carboxylic acids is 2. The van der Waals surface area contributed by atoms with Crippen LogP contribution in [0.15, 0.2) is 12.1 Å². The number of rotatable bonds is 2. The van der Waals surface area contributed by atoms with Crippen LogP contribution in [-0.2, 0) is 0 Å². The molecule has 0 saturated carbocycles. The van der Waals surface area contributed by atoms with Crippen LogP contribution < -0.4 is 0 Å². The molecule has 0 aliphatic carbocycles. The molecule has 0 saturated heterocycles. The Morgan fingerprint density at radius 3 is 1.53 bits per heavy atom. The Morgan fingerprint density at radius 1 is 0.933 bits per heavy atom. The van der Waals surface area contributed by atoms with Crippen molar-refractivity contribution in [3.63, 3.8) is 0 Å². The summed E-state index contributed by atoms with van der Waals surface area (Å²) < 4.78 is 0. The number of hydrogen-bond acceptors (Lipinski definition) is 2. The molecule has 1 radical (unpaired) electrons. The van der Waals surface area contributed by atoms with E-state index in [2.05, 4.69) is 0 Å². The summed E-state index contributed by atoms with van der Waals surface area (Å²) in [4.78, 5) is 21.4. The van der Waals surface area contributed by atoms with Crippen molar-refractivity contribution in [2.75, 3.05) is 0 Å². The Kier molecular flexibility index (Phi) is 5.00. The number of hydrogen-bond donors (Lipinski definition) is 2. The third kappa shape index (κ3) is 3.06. The molecule has 1 aromatic carbocycles. The molecule has 0 heterocycles. The molecular formula is C10H10NaO4. The molecule has 0 aliphatic heterocycles. The summed E-state index contributed by atoms with van der Waals surface area (Å²) in [6, 6.07) is 2.75. The maximum Gasteiger partial charge on any atom is 0.335 e. The average Bonchev–Trinajstić information content (AvgIpc) is 2.02. The van der Waals surface area contributed by atoms with Gasteiger partial charge in [-0.2, -0.15) is 0 Å². The van der Waals surface area contributed by atoms with Crippen molar-refractivity contribution in [3.05, 3.63) is 34.4 Å². The molecule has 0 amide bonds. The largest absolute Gasteiger partial charge is 0.478 e. The molecule has 0 fully saturated rings. The third-order valence-electron chi connectivity index (χ3n) is 2.03. The first kappa shape index (κ1) is 14.2. The number of carboxylic acid groups (broad SMARTS) is 2. The second-order valence-corrected chi connectivity index (χ2v) is 3.09. The van der Waals surface area contributed by atoms with Crippen LogP contribution in [0.1, 0.15) is 31.8 Å². The van der Waals surface area contributed by atoms with Gasteiger partial charge in [-0.1, -0.05) is 6.07 Å². The number of carbonyl (C=O) groups is 2. The fraction of sp³-hybridized carbons (Fsp3) is 0.200. The van der Waals surface area contributed by atoms with E-state index < -0.39 is 11.9 Å². The summed E-state index contributed by atoms with van der Waals surface area (Å²) in [7, 11) is 0. The molecule has 2 N–H and O–H groups in total. The third-order valence-corrected chi connectivity index (χ3v) is 2.03. The summed E-state index contributed by atoms with van der Waals surface area (Å²) in [6.07, 6.45) is 0. The van der Waals surface area contributed by atoms with Crippen LogP contribution in [0.5, 0.6) is 0 Å². The summed E-state index contributed by atoms with van der Waals surface area (Å²) in [5.74, 6) is -2.21. The molecule has 0 atom stereocenters. The van der Waals surface area contributed by atoms with E-state index in [0.717, 1.165) is 0 Å². The van der Waals surface area contributed by atoms with Crippen LogP contribution in [0.2, 0.25) is 0 Å². The Hall–Kier alpha value is -0.840. The van der Waals surface area contributed by atoms with E-state index in [-0.39, 0.29) is 40.7 Å². The van der Waals surface area contributed by atoms with Crippen LogP contribution in [0, 0.1) is 13.8 Å². The zero-order valence-corrected chi connectivity index (χ0v) is 10.9. The fourth-order valence-electron chi connectivity index (χ4n) is 1.31. The molecule has 5 heteroatoms. The topological polar surface area (TPSA) is 74.6 Å². The van der Waals surface area contributed by atoms with Gasteiger partial charge in [0.1, 0.15) is 0 Å². The Labute approximate surface area is 109 Å². The van der Waals surface area contributed by atoms with Crippen LogP contribution in [0.4, 0.5) is 0 Å². The quantitative estimate of drug-likeness (QED) is 0.732. The van der Waals surface area contributed by atoms with E-state index in [1.165, 1.54) is 6.07 Å². The van der Waals surface area contributed by atoms with Gasteiger partial charge < -0.3 is 10.2 Å². The predicted molar refractivity (Wildman–Crippen MR) is 55.6 cm³/mol. The molecule has 1 rings (SSSR count). The van der Waals surface area contributed by atoms with E-state index in [0.29, 0.717) is 11.1 Å². The molecule has 0 spiro atoms. The molecule has 0 bridgehead atoms. The first-order chi connectivity index (χ1) is 6.43. The van der Waals surface area contributed by atoms with Crippen molar-refractivity contribution in [2.24, 2.45) is 0 Å². The monoisotopic (exact) mass is 217 g/mol. The first-order valence-corrected chi connectivity index (χ1v) is 4.01. The molecule has 4 nitrogen and oxygen atoms in total. The molecule has 0 aromatic heterocycles.